The average Bonchev–Trinajstić information content (AvgIpc) is 2.98. The van der Waals surface area contributed by atoms with Crippen LogP contribution in [0.25, 0.3) is 5.57 Å². The average molecular weight is 380 g/mol. The summed E-state index contributed by atoms with van der Waals surface area (Å²) in [6.07, 6.45) is 2.24. The Labute approximate surface area is 164 Å². The summed E-state index contributed by atoms with van der Waals surface area (Å²) in [6.45, 7) is 4.02. The Morgan fingerprint density at radius 2 is 1.86 bits per heavy atom. The lowest BCUT2D eigenvalue weighted by atomic mass is 9.94. The Balaban J connectivity index is 1.99. The first-order valence-electron chi connectivity index (χ1n) is 9.09. The minimum Gasteiger partial charge on any atom is -0.508 e. The highest BCUT2D eigenvalue weighted by molar-refractivity contribution is 6.02. The molecule has 3 rings (SSSR count). The number of allylic oxidation sites excluding steroid dienone is 2. The van der Waals surface area contributed by atoms with Gasteiger partial charge in [0.25, 0.3) is 0 Å². The molecule has 146 valence electrons. The van der Waals surface area contributed by atoms with E-state index in [2.05, 4.69) is 0 Å². The molecule has 0 aliphatic carbocycles. The second-order valence-electron chi connectivity index (χ2n) is 7.04. The van der Waals surface area contributed by atoms with Crippen LogP contribution >= 0.6 is 0 Å². The van der Waals surface area contributed by atoms with Crippen LogP contribution in [0.2, 0.25) is 0 Å². The Hall–Kier alpha value is -3.05. The van der Waals surface area contributed by atoms with Gasteiger partial charge in [0, 0.05) is 19.1 Å². The SMILES string of the molecule is CO[C@@H]1OC(=O)C(Cc2ccc(O)c(CC=C(C)C)c2)=C1c1ccc(O)cc1. The van der Waals surface area contributed by atoms with Gasteiger partial charge in [-0.05, 0) is 55.2 Å². The van der Waals surface area contributed by atoms with E-state index in [0.717, 1.165) is 16.7 Å². The van der Waals surface area contributed by atoms with Crippen molar-refractivity contribution in [2.75, 3.05) is 7.11 Å². The summed E-state index contributed by atoms with van der Waals surface area (Å²) >= 11 is 0. The van der Waals surface area contributed by atoms with Gasteiger partial charge in [-0.1, -0.05) is 35.9 Å². The number of phenols is 2. The third-order valence-electron chi connectivity index (χ3n) is 4.67. The lowest BCUT2D eigenvalue weighted by Gasteiger charge is -2.12. The molecular weight excluding hydrogens is 356 g/mol. The molecule has 0 saturated carbocycles. The zero-order valence-corrected chi connectivity index (χ0v) is 16.2. The normalized spacial score (nSPS) is 16.2. The Morgan fingerprint density at radius 3 is 2.50 bits per heavy atom. The van der Waals surface area contributed by atoms with Gasteiger partial charge in [-0.15, -0.1) is 0 Å². The van der Waals surface area contributed by atoms with E-state index in [1.165, 1.54) is 12.7 Å². The predicted octanol–water partition coefficient (Wildman–Crippen LogP) is 4.13. The summed E-state index contributed by atoms with van der Waals surface area (Å²) in [5.74, 6) is -0.0424. The number of rotatable bonds is 6. The van der Waals surface area contributed by atoms with Crippen molar-refractivity contribution in [1.82, 2.24) is 0 Å². The van der Waals surface area contributed by atoms with Gasteiger partial charge in [0.15, 0.2) is 0 Å². The minimum atomic E-state index is -0.783. The summed E-state index contributed by atoms with van der Waals surface area (Å²) in [4.78, 5) is 12.5. The lowest BCUT2D eigenvalue weighted by Crippen LogP contribution is -2.13. The summed E-state index contributed by atoms with van der Waals surface area (Å²) in [7, 11) is 1.49. The molecule has 28 heavy (non-hydrogen) atoms. The number of phenolic OH excluding ortho intramolecular Hbond substituents is 2. The molecule has 0 spiro atoms. The van der Waals surface area contributed by atoms with Crippen LogP contribution in [0.3, 0.4) is 0 Å². The smallest absolute Gasteiger partial charge is 0.337 e. The molecule has 5 nitrogen and oxygen atoms in total. The molecule has 0 bridgehead atoms. The van der Waals surface area contributed by atoms with Gasteiger partial charge in [0.1, 0.15) is 11.5 Å². The monoisotopic (exact) mass is 380 g/mol. The molecule has 0 fully saturated rings. The van der Waals surface area contributed by atoms with Crippen molar-refractivity contribution in [3.05, 3.63) is 76.4 Å². The van der Waals surface area contributed by atoms with Crippen LogP contribution < -0.4 is 0 Å². The highest BCUT2D eigenvalue weighted by Crippen LogP contribution is 2.35. The molecule has 0 unspecified atom stereocenters. The quantitative estimate of drug-likeness (QED) is 0.582. The van der Waals surface area contributed by atoms with Crippen LogP contribution in [-0.2, 0) is 27.1 Å². The number of hydrogen-bond donors (Lipinski definition) is 2. The zero-order chi connectivity index (χ0) is 20.3. The highest BCUT2D eigenvalue weighted by Gasteiger charge is 2.35. The fraction of sp³-hybridized carbons (Fsp3) is 0.261. The molecule has 5 heteroatoms. The molecule has 1 aliphatic rings. The Kier molecular flexibility index (Phi) is 5.85. The summed E-state index contributed by atoms with van der Waals surface area (Å²) < 4.78 is 10.7. The van der Waals surface area contributed by atoms with Crippen molar-refractivity contribution in [3.63, 3.8) is 0 Å². The number of carbonyl (C=O) groups is 1. The highest BCUT2D eigenvalue weighted by atomic mass is 16.7. The number of carbonyl (C=O) groups excluding carboxylic acids is 1. The molecule has 1 heterocycles. The maximum absolute atomic E-state index is 12.5. The molecule has 2 N–H and O–H groups in total. The van der Waals surface area contributed by atoms with E-state index in [9.17, 15) is 15.0 Å². The number of aromatic hydroxyl groups is 2. The Morgan fingerprint density at radius 1 is 1.14 bits per heavy atom. The molecule has 0 amide bonds. The van der Waals surface area contributed by atoms with Crippen LogP contribution in [0.1, 0.15) is 30.5 Å². The Bertz CT molecular complexity index is 934. The first kappa shape index (κ1) is 19.7. The van der Waals surface area contributed by atoms with Gasteiger partial charge in [-0.25, -0.2) is 4.79 Å². The molecule has 0 aromatic heterocycles. The fourth-order valence-electron chi connectivity index (χ4n) is 3.19. The van der Waals surface area contributed by atoms with E-state index in [1.54, 1.807) is 36.4 Å². The van der Waals surface area contributed by atoms with E-state index in [4.69, 9.17) is 9.47 Å². The number of ether oxygens (including phenoxy) is 2. The van der Waals surface area contributed by atoms with Crippen molar-refractivity contribution in [2.45, 2.75) is 33.0 Å². The van der Waals surface area contributed by atoms with Crippen LogP contribution in [0.15, 0.2) is 59.7 Å². The predicted molar refractivity (Wildman–Crippen MR) is 107 cm³/mol. The van der Waals surface area contributed by atoms with Crippen molar-refractivity contribution >= 4 is 11.5 Å². The maximum Gasteiger partial charge on any atom is 0.337 e. The number of cyclic esters (lactones) is 1. The number of methoxy groups -OCH3 is 1. The van der Waals surface area contributed by atoms with Crippen molar-refractivity contribution in [3.8, 4) is 11.5 Å². The number of hydrogen-bond acceptors (Lipinski definition) is 5. The van der Waals surface area contributed by atoms with Gasteiger partial charge in [0.05, 0.1) is 5.57 Å². The number of esters is 1. The van der Waals surface area contributed by atoms with Gasteiger partial charge in [-0.3, -0.25) is 0 Å². The molecule has 1 aliphatic heterocycles. The number of benzene rings is 2. The minimum absolute atomic E-state index is 0.146. The molecule has 0 saturated heterocycles. The maximum atomic E-state index is 12.5. The van der Waals surface area contributed by atoms with E-state index in [-0.39, 0.29) is 11.5 Å². The van der Waals surface area contributed by atoms with E-state index < -0.39 is 12.3 Å². The summed E-state index contributed by atoms with van der Waals surface area (Å²) in [5, 5.41) is 19.7. The molecular formula is C23H24O5. The topological polar surface area (TPSA) is 76.0 Å². The fourth-order valence-corrected chi connectivity index (χ4v) is 3.19. The first-order valence-corrected chi connectivity index (χ1v) is 9.09. The van der Waals surface area contributed by atoms with Crippen molar-refractivity contribution < 1.29 is 24.5 Å². The molecule has 0 radical (unpaired) electrons. The third-order valence-corrected chi connectivity index (χ3v) is 4.67. The lowest BCUT2D eigenvalue weighted by molar-refractivity contribution is -0.154. The first-order chi connectivity index (χ1) is 13.4. The second-order valence-corrected chi connectivity index (χ2v) is 7.04. The van der Waals surface area contributed by atoms with Gasteiger partial charge in [-0.2, -0.15) is 0 Å². The van der Waals surface area contributed by atoms with Crippen LogP contribution in [0, 0.1) is 0 Å². The van der Waals surface area contributed by atoms with Gasteiger partial charge in [0.2, 0.25) is 6.29 Å². The van der Waals surface area contributed by atoms with Gasteiger partial charge < -0.3 is 19.7 Å². The molecule has 2 aromatic rings. The van der Waals surface area contributed by atoms with E-state index >= 15 is 0 Å². The van der Waals surface area contributed by atoms with Crippen molar-refractivity contribution in [2.24, 2.45) is 0 Å². The molecule has 2 aromatic carbocycles. The second kappa shape index (κ2) is 8.31. The summed E-state index contributed by atoms with van der Waals surface area (Å²) in [5.41, 5.74) is 4.80. The van der Waals surface area contributed by atoms with Crippen LogP contribution in [0.5, 0.6) is 11.5 Å². The van der Waals surface area contributed by atoms with Gasteiger partial charge >= 0.3 is 5.97 Å². The van der Waals surface area contributed by atoms with Crippen LogP contribution in [-0.4, -0.2) is 29.6 Å². The standard InChI is InChI=1S/C23H24O5/c1-14(2)4-6-17-12-15(5-11-20(17)25)13-19-21(23(27-3)28-22(19)26)16-7-9-18(24)10-8-16/h4-5,7-12,23-25H,6,13H2,1-3H3/t23-/m1/s1. The van der Waals surface area contributed by atoms with E-state index in [1.807, 2.05) is 26.0 Å². The molecule has 1 atom stereocenters. The summed E-state index contributed by atoms with van der Waals surface area (Å²) in [6, 6.07) is 11.9. The van der Waals surface area contributed by atoms with Crippen molar-refractivity contribution in [1.29, 1.82) is 0 Å². The zero-order valence-electron chi connectivity index (χ0n) is 16.2. The third kappa shape index (κ3) is 4.26. The van der Waals surface area contributed by atoms with E-state index in [0.29, 0.717) is 24.0 Å². The largest absolute Gasteiger partial charge is 0.508 e. The van der Waals surface area contributed by atoms with Crippen LogP contribution in [0.4, 0.5) is 0 Å².